The minimum Gasteiger partial charge on any atom is -0.497 e. The van der Waals surface area contributed by atoms with Gasteiger partial charge in [-0.2, -0.15) is 0 Å². The lowest BCUT2D eigenvalue weighted by atomic mass is 10.1. The van der Waals surface area contributed by atoms with Gasteiger partial charge < -0.3 is 14.8 Å². The summed E-state index contributed by atoms with van der Waals surface area (Å²) in [5, 5.41) is 3.35. The quantitative estimate of drug-likeness (QED) is 0.711. The van der Waals surface area contributed by atoms with E-state index >= 15 is 0 Å². The van der Waals surface area contributed by atoms with Gasteiger partial charge in [-0.05, 0) is 49.6 Å². The van der Waals surface area contributed by atoms with Crippen molar-refractivity contribution in [3.8, 4) is 5.75 Å². The van der Waals surface area contributed by atoms with Gasteiger partial charge in [0.25, 0.3) is 0 Å². The summed E-state index contributed by atoms with van der Waals surface area (Å²) in [7, 11) is 3.43. The van der Waals surface area contributed by atoms with Gasteiger partial charge in [0.05, 0.1) is 13.7 Å². The number of methoxy groups -OCH3 is 2. The van der Waals surface area contributed by atoms with Gasteiger partial charge in [0.1, 0.15) is 5.75 Å². The summed E-state index contributed by atoms with van der Waals surface area (Å²) >= 11 is 3.58. The summed E-state index contributed by atoms with van der Waals surface area (Å²) in [6.07, 6.45) is 3.42. The molecule has 0 atom stereocenters. The molecule has 1 rings (SSSR count). The predicted molar refractivity (Wildman–Crippen MR) is 78.4 cm³/mol. The van der Waals surface area contributed by atoms with Gasteiger partial charge >= 0.3 is 0 Å². The molecule has 3 nitrogen and oxygen atoms in total. The molecular formula is C14H22BrNO2. The molecule has 1 N–H and O–H groups in total. The zero-order valence-electron chi connectivity index (χ0n) is 11.2. The zero-order chi connectivity index (χ0) is 13.2. The van der Waals surface area contributed by atoms with Crippen LogP contribution in [0.25, 0.3) is 0 Å². The van der Waals surface area contributed by atoms with Gasteiger partial charge in [-0.3, -0.25) is 0 Å². The van der Waals surface area contributed by atoms with E-state index in [1.54, 1.807) is 14.2 Å². The third-order valence-corrected chi connectivity index (χ3v) is 3.56. The Kier molecular flexibility index (Phi) is 8.05. The van der Waals surface area contributed by atoms with Crippen LogP contribution in [0.3, 0.4) is 0 Å². The van der Waals surface area contributed by atoms with Crippen molar-refractivity contribution in [2.24, 2.45) is 0 Å². The van der Waals surface area contributed by atoms with Gasteiger partial charge in [0.15, 0.2) is 0 Å². The molecule has 0 aromatic heterocycles. The van der Waals surface area contributed by atoms with Crippen LogP contribution < -0.4 is 10.1 Å². The Morgan fingerprint density at radius 2 is 2.00 bits per heavy atom. The molecule has 0 radical (unpaired) electrons. The molecule has 1 aromatic carbocycles. The largest absolute Gasteiger partial charge is 0.497 e. The van der Waals surface area contributed by atoms with E-state index in [-0.39, 0.29) is 0 Å². The van der Waals surface area contributed by atoms with Gasteiger partial charge in [0.2, 0.25) is 0 Å². The van der Waals surface area contributed by atoms with E-state index in [1.807, 2.05) is 12.1 Å². The number of aryl methyl sites for hydroxylation is 1. The maximum atomic E-state index is 5.23. The Labute approximate surface area is 118 Å². The summed E-state index contributed by atoms with van der Waals surface area (Å²) in [6, 6.07) is 6.12. The van der Waals surface area contributed by atoms with Crippen molar-refractivity contribution >= 4 is 15.9 Å². The smallest absolute Gasteiger partial charge is 0.119 e. The SMILES string of the molecule is COCCNCCCCc1cc(OC)ccc1Br. The number of halogens is 1. The topological polar surface area (TPSA) is 30.5 Å². The first kappa shape index (κ1) is 15.5. The molecule has 0 aliphatic rings. The normalized spacial score (nSPS) is 10.6. The summed E-state index contributed by atoms with van der Waals surface area (Å²) in [6.45, 7) is 2.76. The average molecular weight is 316 g/mol. The number of ether oxygens (including phenoxy) is 2. The van der Waals surface area contributed by atoms with Crippen molar-refractivity contribution in [3.05, 3.63) is 28.2 Å². The molecule has 0 saturated carbocycles. The molecule has 1 aromatic rings. The minimum atomic E-state index is 0.779. The van der Waals surface area contributed by atoms with Crippen LogP contribution in [0, 0.1) is 0 Å². The predicted octanol–water partition coefficient (Wildman–Crippen LogP) is 3.02. The molecule has 0 spiro atoms. The fourth-order valence-corrected chi connectivity index (χ4v) is 2.18. The van der Waals surface area contributed by atoms with Crippen LogP contribution in [0.1, 0.15) is 18.4 Å². The lowest BCUT2D eigenvalue weighted by Gasteiger charge is -2.08. The first-order valence-electron chi connectivity index (χ1n) is 6.30. The summed E-state index contributed by atoms with van der Waals surface area (Å²) in [5.41, 5.74) is 1.31. The fraction of sp³-hybridized carbons (Fsp3) is 0.571. The second-order valence-electron chi connectivity index (χ2n) is 4.16. The number of benzene rings is 1. The standard InChI is InChI=1S/C14H22BrNO2/c1-17-10-9-16-8-4-3-5-12-11-13(18-2)6-7-14(12)15/h6-7,11,16H,3-5,8-10H2,1-2H3. The molecule has 0 aliphatic carbocycles. The van der Waals surface area contributed by atoms with Crippen LogP contribution >= 0.6 is 15.9 Å². The van der Waals surface area contributed by atoms with Crippen molar-refractivity contribution < 1.29 is 9.47 Å². The fourth-order valence-electron chi connectivity index (χ4n) is 1.73. The van der Waals surface area contributed by atoms with Crippen LogP contribution in [-0.4, -0.2) is 33.9 Å². The van der Waals surface area contributed by atoms with E-state index in [0.717, 1.165) is 36.3 Å². The van der Waals surface area contributed by atoms with Crippen LogP contribution in [0.15, 0.2) is 22.7 Å². The Morgan fingerprint density at radius 1 is 1.17 bits per heavy atom. The highest BCUT2D eigenvalue weighted by Gasteiger charge is 2.02. The van der Waals surface area contributed by atoms with E-state index in [0.29, 0.717) is 0 Å². The molecule has 0 aliphatic heterocycles. The van der Waals surface area contributed by atoms with Crippen LogP contribution in [0.4, 0.5) is 0 Å². The molecule has 18 heavy (non-hydrogen) atoms. The highest BCUT2D eigenvalue weighted by Crippen LogP contribution is 2.23. The highest BCUT2D eigenvalue weighted by atomic mass is 79.9. The summed E-state index contributed by atoms with van der Waals surface area (Å²) < 4.78 is 11.4. The first-order valence-corrected chi connectivity index (χ1v) is 7.09. The van der Waals surface area contributed by atoms with Crippen molar-refractivity contribution in [1.29, 1.82) is 0 Å². The van der Waals surface area contributed by atoms with Gasteiger partial charge in [-0.15, -0.1) is 0 Å². The van der Waals surface area contributed by atoms with Crippen molar-refractivity contribution in [1.82, 2.24) is 5.32 Å². The Bertz CT molecular complexity index is 345. The second kappa shape index (κ2) is 9.36. The van der Waals surface area contributed by atoms with Crippen LogP contribution in [0.5, 0.6) is 5.75 Å². The van der Waals surface area contributed by atoms with E-state index in [9.17, 15) is 0 Å². The molecule has 0 saturated heterocycles. The number of nitrogens with one attached hydrogen (secondary N) is 1. The minimum absolute atomic E-state index is 0.779. The number of rotatable bonds is 9. The third kappa shape index (κ3) is 5.85. The third-order valence-electron chi connectivity index (χ3n) is 2.79. The molecule has 0 heterocycles. The maximum Gasteiger partial charge on any atom is 0.119 e. The van der Waals surface area contributed by atoms with Crippen molar-refractivity contribution in [2.75, 3.05) is 33.9 Å². The molecule has 4 heteroatoms. The molecule has 0 bridgehead atoms. The zero-order valence-corrected chi connectivity index (χ0v) is 12.8. The number of unbranched alkanes of at least 4 members (excludes halogenated alkanes) is 1. The van der Waals surface area contributed by atoms with E-state index in [4.69, 9.17) is 9.47 Å². The van der Waals surface area contributed by atoms with Crippen molar-refractivity contribution in [3.63, 3.8) is 0 Å². The second-order valence-corrected chi connectivity index (χ2v) is 5.01. The lowest BCUT2D eigenvalue weighted by molar-refractivity contribution is 0.199. The summed E-state index contributed by atoms with van der Waals surface area (Å²) in [5.74, 6) is 0.923. The lowest BCUT2D eigenvalue weighted by Crippen LogP contribution is -2.20. The first-order chi connectivity index (χ1) is 8.77. The maximum absolute atomic E-state index is 5.23. The van der Waals surface area contributed by atoms with E-state index < -0.39 is 0 Å². The molecule has 102 valence electrons. The van der Waals surface area contributed by atoms with E-state index in [1.165, 1.54) is 18.4 Å². The molecule has 0 amide bonds. The Balaban J connectivity index is 2.22. The number of hydrogen-bond acceptors (Lipinski definition) is 3. The monoisotopic (exact) mass is 315 g/mol. The molecular weight excluding hydrogens is 294 g/mol. The highest BCUT2D eigenvalue weighted by molar-refractivity contribution is 9.10. The Hall–Kier alpha value is -0.580. The summed E-state index contributed by atoms with van der Waals surface area (Å²) in [4.78, 5) is 0. The van der Waals surface area contributed by atoms with Gasteiger partial charge in [0, 0.05) is 18.1 Å². The number of hydrogen-bond donors (Lipinski definition) is 1. The van der Waals surface area contributed by atoms with Gasteiger partial charge in [-0.1, -0.05) is 15.9 Å². The van der Waals surface area contributed by atoms with Gasteiger partial charge in [-0.25, -0.2) is 0 Å². The van der Waals surface area contributed by atoms with Crippen molar-refractivity contribution in [2.45, 2.75) is 19.3 Å². The van der Waals surface area contributed by atoms with Crippen LogP contribution in [-0.2, 0) is 11.2 Å². The van der Waals surface area contributed by atoms with E-state index in [2.05, 4.69) is 27.3 Å². The average Bonchev–Trinajstić information content (AvgIpc) is 2.39. The molecule has 0 fully saturated rings. The Morgan fingerprint density at radius 3 is 2.72 bits per heavy atom. The van der Waals surface area contributed by atoms with Crippen LogP contribution in [0.2, 0.25) is 0 Å². The molecule has 0 unspecified atom stereocenters.